The molecular formula is C74H88BN4S. The van der Waals surface area contributed by atoms with Crippen LogP contribution >= 0.6 is 11.8 Å². The van der Waals surface area contributed by atoms with Gasteiger partial charge in [-0.15, -0.1) is 6.58 Å². The van der Waals surface area contributed by atoms with E-state index in [1.807, 2.05) is 6.08 Å². The van der Waals surface area contributed by atoms with E-state index in [0.29, 0.717) is 0 Å². The van der Waals surface area contributed by atoms with Crippen LogP contribution in [0.5, 0.6) is 0 Å². The van der Waals surface area contributed by atoms with E-state index >= 15 is 0 Å². The van der Waals surface area contributed by atoms with Crippen LogP contribution in [0.1, 0.15) is 138 Å². The van der Waals surface area contributed by atoms with Crippen molar-refractivity contribution >= 4 is 81.2 Å². The maximum absolute atomic E-state index is 4.71. The topological polar surface area (TPSA) is 21.8 Å². The number of rotatable bonds is 16. The molecule has 8 rings (SSSR count). The molecule has 6 heteroatoms. The van der Waals surface area contributed by atoms with Crippen molar-refractivity contribution in [3.63, 3.8) is 0 Å². The third-order valence-electron chi connectivity index (χ3n) is 15.7. The van der Waals surface area contributed by atoms with Gasteiger partial charge >= 0.3 is 0 Å². The molecule has 1 heterocycles. The first-order valence-corrected chi connectivity index (χ1v) is 29.5. The highest BCUT2D eigenvalue weighted by Crippen LogP contribution is 2.47. The summed E-state index contributed by atoms with van der Waals surface area (Å²) in [5.74, 6) is 0.127. The van der Waals surface area contributed by atoms with Gasteiger partial charge in [0.2, 0.25) is 0 Å². The van der Waals surface area contributed by atoms with Gasteiger partial charge in [0.15, 0.2) is 7.28 Å². The zero-order chi connectivity index (χ0) is 58.1. The molecule has 80 heavy (non-hydrogen) atoms. The van der Waals surface area contributed by atoms with Crippen LogP contribution in [0.15, 0.2) is 206 Å². The zero-order valence-corrected chi connectivity index (χ0v) is 51.9. The molecular weight excluding hydrogens is 988 g/mol. The monoisotopic (exact) mass is 1080 g/mol. The predicted octanol–water partition coefficient (Wildman–Crippen LogP) is 20.3. The Balaban J connectivity index is 1.44. The van der Waals surface area contributed by atoms with E-state index in [4.69, 9.17) is 6.58 Å². The summed E-state index contributed by atoms with van der Waals surface area (Å²) >= 11 is 1.67. The first-order valence-electron chi connectivity index (χ1n) is 28.6. The molecule has 2 atom stereocenters. The molecule has 1 N–H and O–H groups in total. The number of nitrogens with zero attached hydrogens (tertiary/aromatic N) is 3. The van der Waals surface area contributed by atoms with Crippen LogP contribution in [0, 0.1) is 18.3 Å². The standard InChI is InChI=1S/C74H88BN4S/c1-20-22-27-65(62(25-21-2)74(17,18)19)79-66-48-60(77(56-37-29-52(30-38-56)70(5,6)7)57-39-31-53(32-40-57)71(8,9)10)45-46-63(66)75-69-64(76-51(4)80-68-28-24-23-26-50(68)3)47-61(49-67(69)79)78(58-41-33-54(34-42-58)72(11,12)13)59-43-35-55(36-44-59)73(14,15)16/h20-24,26-49,62,65,76H,1-2,4,25H2,3,5-19H3/b27-22-/t62?,65-/m1/s1. The summed E-state index contributed by atoms with van der Waals surface area (Å²) in [5, 5.41) is 4.78. The average Bonchev–Trinajstić information content (AvgIpc) is 3.40. The molecule has 1 aliphatic rings. The Morgan fingerprint density at radius 3 is 1.39 bits per heavy atom. The molecule has 7 aromatic rings. The SMILES string of the molecule is C=C/C=C\[C@H](C(CC=C)C(C)(C)C)N1c2cc(N(c3ccc(C(C)(C)C)cc3)c3ccc(C(C)(C)C)cc3)ccc2[B]c2c(NC(=C)Sc3ccccc3C)cc(N(c3ccc(C(C)(C)C)cc3)c3ccc(C(C)(C)C)cc3)cc21. The summed E-state index contributed by atoms with van der Waals surface area (Å²) in [6.45, 7) is 50.0. The van der Waals surface area contributed by atoms with Gasteiger partial charge in [0, 0.05) is 50.4 Å². The molecule has 4 nitrogen and oxygen atoms in total. The Bertz CT molecular complexity index is 3230. The van der Waals surface area contributed by atoms with Gasteiger partial charge < -0.3 is 20.0 Å². The van der Waals surface area contributed by atoms with Gasteiger partial charge in [-0.25, -0.2) is 0 Å². The van der Waals surface area contributed by atoms with Crippen LogP contribution in [0.25, 0.3) is 0 Å². The van der Waals surface area contributed by atoms with Crippen molar-refractivity contribution in [2.24, 2.45) is 11.3 Å². The second kappa shape index (κ2) is 23.3. The first kappa shape index (κ1) is 59.2. The number of fused-ring (bicyclic) bond motifs is 2. The number of hydrogen-bond donors (Lipinski definition) is 1. The summed E-state index contributed by atoms with van der Waals surface area (Å²) in [4.78, 5) is 8.64. The Kier molecular flexibility index (Phi) is 17.3. The van der Waals surface area contributed by atoms with E-state index in [9.17, 15) is 0 Å². The van der Waals surface area contributed by atoms with Crippen molar-refractivity contribution < 1.29 is 0 Å². The summed E-state index contributed by atoms with van der Waals surface area (Å²) in [6, 6.07) is 56.8. The minimum atomic E-state index is -0.142. The van der Waals surface area contributed by atoms with Crippen LogP contribution in [0.2, 0.25) is 0 Å². The lowest BCUT2D eigenvalue weighted by molar-refractivity contribution is 0.222. The fourth-order valence-corrected chi connectivity index (χ4v) is 11.7. The molecule has 0 spiro atoms. The van der Waals surface area contributed by atoms with Gasteiger partial charge in [0.1, 0.15) is 0 Å². The quantitative estimate of drug-likeness (QED) is 0.0449. The second-order valence-electron chi connectivity index (χ2n) is 27.1. The van der Waals surface area contributed by atoms with Crippen molar-refractivity contribution in [3.05, 3.63) is 229 Å². The van der Waals surface area contributed by atoms with E-state index < -0.39 is 0 Å². The Morgan fingerprint density at radius 1 is 0.550 bits per heavy atom. The van der Waals surface area contributed by atoms with Crippen LogP contribution in [-0.2, 0) is 21.7 Å². The molecule has 1 aliphatic heterocycles. The summed E-state index contributed by atoms with van der Waals surface area (Å²) in [5.41, 5.74) is 18.0. The zero-order valence-electron chi connectivity index (χ0n) is 51.1. The molecule has 1 unspecified atom stereocenters. The van der Waals surface area contributed by atoms with Crippen LogP contribution in [-0.4, -0.2) is 13.3 Å². The number of hydrogen-bond acceptors (Lipinski definition) is 5. The molecule has 0 saturated heterocycles. The third-order valence-corrected chi connectivity index (χ3v) is 16.8. The number of nitrogens with one attached hydrogen (secondary N) is 1. The van der Waals surface area contributed by atoms with Crippen LogP contribution < -0.4 is 30.9 Å². The summed E-state index contributed by atoms with van der Waals surface area (Å²) in [6.07, 6.45) is 9.32. The maximum atomic E-state index is 4.71. The molecule has 0 aromatic heterocycles. The second-order valence-corrected chi connectivity index (χ2v) is 28.2. The summed E-state index contributed by atoms with van der Waals surface area (Å²) < 4.78 is 0. The van der Waals surface area contributed by atoms with Gasteiger partial charge in [-0.2, -0.15) is 0 Å². The lowest BCUT2D eigenvalue weighted by Gasteiger charge is -2.46. The van der Waals surface area contributed by atoms with E-state index in [0.717, 1.165) is 78.5 Å². The fourth-order valence-electron chi connectivity index (χ4n) is 10.9. The normalized spacial score (nSPS) is 13.7. The largest absolute Gasteiger partial charge is 0.351 e. The maximum Gasteiger partial charge on any atom is 0.199 e. The lowest BCUT2D eigenvalue weighted by Crippen LogP contribution is -2.50. The molecule has 0 aliphatic carbocycles. The molecule has 413 valence electrons. The minimum absolute atomic E-state index is 0.00963. The van der Waals surface area contributed by atoms with Crippen molar-refractivity contribution in [2.45, 2.75) is 150 Å². The van der Waals surface area contributed by atoms with Gasteiger partial charge in [-0.05, 0) is 158 Å². The van der Waals surface area contributed by atoms with Gasteiger partial charge in [0.05, 0.1) is 16.8 Å². The highest BCUT2D eigenvalue weighted by molar-refractivity contribution is 8.03. The van der Waals surface area contributed by atoms with Crippen LogP contribution in [0.4, 0.5) is 51.2 Å². The Labute approximate surface area is 488 Å². The number of thioether (sulfide) groups is 1. The molecule has 7 aromatic carbocycles. The number of allylic oxidation sites excluding steroid dienone is 3. The average molecular weight is 1080 g/mol. The third kappa shape index (κ3) is 13.3. The smallest absolute Gasteiger partial charge is 0.199 e. The van der Waals surface area contributed by atoms with E-state index in [1.54, 1.807) is 11.8 Å². The van der Waals surface area contributed by atoms with E-state index in [-0.39, 0.29) is 39.0 Å². The van der Waals surface area contributed by atoms with E-state index in [2.05, 4.69) is 321 Å². The van der Waals surface area contributed by atoms with E-state index in [1.165, 1.54) is 27.8 Å². The molecule has 0 fully saturated rings. The Hall–Kier alpha value is -6.89. The van der Waals surface area contributed by atoms with Gasteiger partial charge in [-0.3, -0.25) is 0 Å². The van der Waals surface area contributed by atoms with Crippen molar-refractivity contribution in [1.82, 2.24) is 0 Å². The highest BCUT2D eigenvalue weighted by Gasteiger charge is 2.39. The highest BCUT2D eigenvalue weighted by atomic mass is 32.2. The number of benzene rings is 7. The van der Waals surface area contributed by atoms with Crippen molar-refractivity contribution in [3.8, 4) is 0 Å². The van der Waals surface area contributed by atoms with Crippen molar-refractivity contribution in [1.29, 1.82) is 0 Å². The predicted molar refractivity (Wildman–Crippen MR) is 355 cm³/mol. The number of anilines is 9. The molecule has 0 saturated carbocycles. The van der Waals surface area contributed by atoms with Gasteiger partial charge in [0.25, 0.3) is 0 Å². The molecule has 1 radical (unpaired) electrons. The van der Waals surface area contributed by atoms with Gasteiger partial charge in [-0.1, -0.05) is 231 Å². The minimum Gasteiger partial charge on any atom is -0.351 e. The number of aryl methyl sites for hydroxylation is 1. The fraction of sp³-hybridized carbons (Fsp3) is 0.324. The summed E-state index contributed by atoms with van der Waals surface area (Å²) in [7, 11) is 2.39. The molecule has 0 amide bonds. The Morgan fingerprint density at radius 2 is 0.975 bits per heavy atom. The first-order chi connectivity index (χ1) is 37.6. The van der Waals surface area contributed by atoms with Crippen molar-refractivity contribution in [2.75, 3.05) is 20.0 Å². The lowest BCUT2D eigenvalue weighted by atomic mass is 9.59. The van der Waals surface area contributed by atoms with Crippen LogP contribution in [0.3, 0.4) is 0 Å². The molecule has 0 bridgehead atoms.